The van der Waals surface area contributed by atoms with Gasteiger partial charge in [0.1, 0.15) is 0 Å². The largest absolute Gasteiger partial charge is 0.399 e. The van der Waals surface area contributed by atoms with E-state index >= 15 is 0 Å². The lowest BCUT2D eigenvalue weighted by molar-refractivity contribution is 0.208. The van der Waals surface area contributed by atoms with E-state index in [1.807, 2.05) is 0 Å². The summed E-state index contributed by atoms with van der Waals surface area (Å²) in [5, 5.41) is 0. The number of nitrogens with zero attached hydrogens (tertiary/aromatic N) is 1. The van der Waals surface area contributed by atoms with E-state index < -0.39 is 10.0 Å². The molecule has 1 fully saturated rings. The smallest absolute Gasteiger partial charge is 0.241 e. The Kier molecular flexibility index (Phi) is 5.24. The maximum Gasteiger partial charge on any atom is 0.241 e. The van der Waals surface area contributed by atoms with Gasteiger partial charge in [0.05, 0.1) is 4.90 Å². The van der Waals surface area contributed by atoms with Crippen molar-refractivity contribution >= 4 is 15.7 Å². The number of aryl methyl sites for hydroxylation is 1. The Morgan fingerprint density at radius 1 is 1.33 bits per heavy atom. The number of sulfonamides is 1. The lowest BCUT2D eigenvalue weighted by Crippen LogP contribution is -2.44. The highest BCUT2D eigenvalue weighted by molar-refractivity contribution is 7.89. The van der Waals surface area contributed by atoms with Crippen LogP contribution in [0.5, 0.6) is 0 Å². The van der Waals surface area contributed by atoms with Gasteiger partial charge in [-0.15, -0.1) is 0 Å². The molecule has 0 saturated carbocycles. The predicted octanol–water partition coefficient (Wildman–Crippen LogP) is 1.73. The Hall–Kier alpha value is -1.11. The summed E-state index contributed by atoms with van der Waals surface area (Å²) in [6.07, 6.45) is 2.86. The van der Waals surface area contributed by atoms with E-state index in [0.29, 0.717) is 10.6 Å². The topological polar surface area (TPSA) is 75.4 Å². The molecule has 3 N–H and O–H groups in total. The van der Waals surface area contributed by atoms with Crippen molar-refractivity contribution < 1.29 is 8.42 Å². The Labute approximate surface area is 127 Å². The lowest BCUT2D eigenvalue weighted by Gasteiger charge is -2.32. The second-order valence-corrected chi connectivity index (χ2v) is 7.44. The number of rotatable bonds is 5. The molecule has 0 unspecified atom stereocenters. The van der Waals surface area contributed by atoms with Crippen LogP contribution in [0.4, 0.5) is 5.69 Å². The van der Waals surface area contributed by atoms with Gasteiger partial charge in [-0.1, -0.05) is 13.0 Å². The molecule has 1 aromatic carbocycles. The molecule has 118 valence electrons. The SMILES string of the molecule is CCCN1CCC(NS(=O)(=O)c2cc(N)ccc2C)CC1. The summed E-state index contributed by atoms with van der Waals surface area (Å²) in [5.41, 5.74) is 6.90. The molecule has 0 spiro atoms. The highest BCUT2D eigenvalue weighted by Gasteiger charge is 2.25. The van der Waals surface area contributed by atoms with Crippen molar-refractivity contribution in [1.29, 1.82) is 0 Å². The highest BCUT2D eigenvalue weighted by atomic mass is 32.2. The monoisotopic (exact) mass is 311 g/mol. The number of benzene rings is 1. The molecule has 0 bridgehead atoms. The quantitative estimate of drug-likeness (QED) is 0.812. The van der Waals surface area contributed by atoms with Crippen molar-refractivity contribution in [3.05, 3.63) is 23.8 Å². The number of piperidine rings is 1. The maximum absolute atomic E-state index is 12.5. The zero-order valence-electron chi connectivity index (χ0n) is 12.8. The minimum Gasteiger partial charge on any atom is -0.399 e. The molecule has 1 aromatic rings. The van der Waals surface area contributed by atoms with Crippen LogP contribution in [0.15, 0.2) is 23.1 Å². The standard InChI is InChI=1S/C15H25N3O2S/c1-3-8-18-9-6-14(7-10-18)17-21(19,20)15-11-13(16)5-4-12(15)2/h4-5,11,14,17H,3,6-10,16H2,1-2H3. The zero-order chi connectivity index (χ0) is 15.5. The summed E-state index contributed by atoms with van der Waals surface area (Å²) in [7, 11) is -3.49. The van der Waals surface area contributed by atoms with Crippen LogP contribution < -0.4 is 10.5 Å². The molecule has 0 aliphatic carbocycles. The molecule has 0 atom stereocenters. The van der Waals surface area contributed by atoms with Gasteiger partial charge in [0.2, 0.25) is 10.0 Å². The van der Waals surface area contributed by atoms with Crippen molar-refractivity contribution in [2.24, 2.45) is 0 Å². The third kappa shape index (κ3) is 4.18. The van der Waals surface area contributed by atoms with Gasteiger partial charge in [-0.3, -0.25) is 0 Å². The van der Waals surface area contributed by atoms with Gasteiger partial charge in [0.25, 0.3) is 0 Å². The molecular formula is C15H25N3O2S. The van der Waals surface area contributed by atoms with Crippen molar-refractivity contribution in [3.8, 4) is 0 Å². The Morgan fingerprint density at radius 3 is 2.62 bits per heavy atom. The van der Waals surface area contributed by atoms with Crippen LogP contribution in [0, 0.1) is 6.92 Å². The molecule has 21 heavy (non-hydrogen) atoms. The normalized spacial score (nSPS) is 18.0. The third-order valence-electron chi connectivity index (χ3n) is 3.95. The summed E-state index contributed by atoms with van der Waals surface area (Å²) in [6.45, 7) is 6.96. The number of nitrogens with one attached hydrogen (secondary N) is 1. The molecule has 0 amide bonds. The maximum atomic E-state index is 12.5. The molecule has 6 heteroatoms. The minimum absolute atomic E-state index is 0.0175. The highest BCUT2D eigenvalue weighted by Crippen LogP contribution is 2.20. The van der Waals surface area contributed by atoms with E-state index in [-0.39, 0.29) is 6.04 Å². The third-order valence-corrected chi connectivity index (χ3v) is 5.61. The Balaban J connectivity index is 2.04. The van der Waals surface area contributed by atoms with E-state index in [1.54, 1.807) is 19.1 Å². The van der Waals surface area contributed by atoms with Gasteiger partial charge in [0.15, 0.2) is 0 Å². The van der Waals surface area contributed by atoms with Crippen LogP contribution in [0.2, 0.25) is 0 Å². The first-order chi connectivity index (χ1) is 9.92. The van der Waals surface area contributed by atoms with E-state index in [0.717, 1.165) is 44.5 Å². The van der Waals surface area contributed by atoms with Crippen molar-refractivity contribution in [3.63, 3.8) is 0 Å². The molecular weight excluding hydrogens is 286 g/mol. The van der Waals surface area contributed by atoms with Gasteiger partial charge in [-0.25, -0.2) is 13.1 Å². The van der Waals surface area contributed by atoms with Crippen molar-refractivity contribution in [1.82, 2.24) is 9.62 Å². The van der Waals surface area contributed by atoms with E-state index in [4.69, 9.17) is 5.73 Å². The fourth-order valence-corrected chi connectivity index (χ4v) is 4.36. The average molecular weight is 311 g/mol. The van der Waals surface area contributed by atoms with Crippen LogP contribution >= 0.6 is 0 Å². The summed E-state index contributed by atoms with van der Waals surface area (Å²) in [4.78, 5) is 2.68. The predicted molar refractivity (Wildman–Crippen MR) is 85.7 cm³/mol. The summed E-state index contributed by atoms with van der Waals surface area (Å²) < 4.78 is 27.8. The first-order valence-corrected chi connectivity index (χ1v) is 9.01. The number of hydrogen-bond acceptors (Lipinski definition) is 4. The van der Waals surface area contributed by atoms with Crippen LogP contribution in [0.3, 0.4) is 0 Å². The van der Waals surface area contributed by atoms with Gasteiger partial charge in [0, 0.05) is 11.7 Å². The average Bonchev–Trinajstić information content (AvgIpc) is 2.43. The minimum atomic E-state index is -3.49. The number of hydrogen-bond donors (Lipinski definition) is 2. The first-order valence-electron chi connectivity index (χ1n) is 7.53. The lowest BCUT2D eigenvalue weighted by atomic mass is 10.1. The summed E-state index contributed by atoms with van der Waals surface area (Å²) >= 11 is 0. The number of likely N-dealkylation sites (tertiary alicyclic amines) is 1. The van der Waals surface area contributed by atoms with E-state index in [2.05, 4.69) is 16.5 Å². The van der Waals surface area contributed by atoms with Crippen LogP contribution in [0.1, 0.15) is 31.7 Å². The molecule has 2 rings (SSSR count). The Bertz CT molecular complexity index is 579. The van der Waals surface area contributed by atoms with Gasteiger partial charge in [-0.05, 0) is 63.5 Å². The molecule has 0 aromatic heterocycles. The second-order valence-electron chi connectivity index (χ2n) is 5.76. The fourth-order valence-electron chi connectivity index (χ4n) is 2.78. The molecule has 1 heterocycles. The second kappa shape index (κ2) is 6.77. The van der Waals surface area contributed by atoms with Gasteiger partial charge >= 0.3 is 0 Å². The number of anilines is 1. The van der Waals surface area contributed by atoms with E-state index in [9.17, 15) is 8.42 Å². The number of nitrogen functional groups attached to an aromatic ring is 1. The van der Waals surface area contributed by atoms with Gasteiger partial charge in [-0.2, -0.15) is 0 Å². The van der Waals surface area contributed by atoms with E-state index in [1.165, 1.54) is 6.07 Å². The van der Waals surface area contributed by atoms with Crippen LogP contribution in [-0.2, 0) is 10.0 Å². The molecule has 0 radical (unpaired) electrons. The molecule has 1 saturated heterocycles. The summed E-state index contributed by atoms with van der Waals surface area (Å²) in [6, 6.07) is 5.01. The van der Waals surface area contributed by atoms with Crippen molar-refractivity contribution in [2.45, 2.75) is 44.0 Å². The molecule has 5 nitrogen and oxygen atoms in total. The molecule has 1 aliphatic heterocycles. The van der Waals surface area contributed by atoms with Gasteiger partial charge < -0.3 is 10.6 Å². The van der Waals surface area contributed by atoms with Crippen LogP contribution in [-0.4, -0.2) is 39.0 Å². The zero-order valence-corrected chi connectivity index (χ0v) is 13.6. The van der Waals surface area contributed by atoms with Crippen LogP contribution in [0.25, 0.3) is 0 Å². The van der Waals surface area contributed by atoms with Crippen molar-refractivity contribution in [2.75, 3.05) is 25.4 Å². The first kappa shape index (κ1) is 16.3. The summed E-state index contributed by atoms with van der Waals surface area (Å²) in [5.74, 6) is 0. The number of nitrogens with two attached hydrogens (primary N) is 1. The Morgan fingerprint density at radius 2 is 2.00 bits per heavy atom. The molecule has 1 aliphatic rings. The fraction of sp³-hybridized carbons (Fsp3) is 0.600.